The van der Waals surface area contributed by atoms with Crippen LogP contribution in [0.4, 0.5) is 0 Å². The quantitative estimate of drug-likeness (QED) is 0.290. The molecule has 2 amide bonds. The Balaban J connectivity index is 1.38. The van der Waals surface area contributed by atoms with Crippen molar-refractivity contribution in [1.82, 2.24) is 14.8 Å². The van der Waals surface area contributed by atoms with Gasteiger partial charge in [-0.25, -0.2) is 0 Å². The number of rotatable bonds is 3. The van der Waals surface area contributed by atoms with Gasteiger partial charge in [-0.05, 0) is 52.9 Å². The van der Waals surface area contributed by atoms with Gasteiger partial charge in [-0.1, -0.05) is 60.7 Å². The molecule has 5 aromatic rings. The first-order chi connectivity index (χ1) is 20.9. The zero-order valence-electron chi connectivity index (χ0n) is 24.3. The van der Waals surface area contributed by atoms with Crippen molar-refractivity contribution in [3.05, 3.63) is 107 Å². The van der Waals surface area contributed by atoms with Crippen LogP contribution < -0.4 is 5.32 Å². The molecule has 2 unspecified atom stereocenters. The molecule has 2 bridgehead atoms. The van der Waals surface area contributed by atoms with Crippen molar-refractivity contribution < 1.29 is 19.1 Å². The van der Waals surface area contributed by atoms with E-state index in [9.17, 15) is 9.59 Å². The molecule has 4 aromatic carbocycles. The van der Waals surface area contributed by atoms with Gasteiger partial charge in [-0.3, -0.25) is 9.59 Å². The lowest BCUT2D eigenvalue weighted by Crippen LogP contribution is -2.62. The van der Waals surface area contributed by atoms with Gasteiger partial charge >= 0.3 is 0 Å². The van der Waals surface area contributed by atoms with Crippen molar-refractivity contribution in [2.24, 2.45) is 0 Å². The van der Waals surface area contributed by atoms with Gasteiger partial charge in [0.25, 0.3) is 11.8 Å². The molecule has 43 heavy (non-hydrogen) atoms. The average Bonchev–Trinajstić information content (AvgIpc) is 3.68. The van der Waals surface area contributed by atoms with Crippen molar-refractivity contribution in [2.75, 3.05) is 14.2 Å². The number of nitrogens with zero attached hydrogens (tertiary/aromatic N) is 2. The minimum atomic E-state index is -0.813. The Bertz CT molecular complexity index is 2030. The van der Waals surface area contributed by atoms with E-state index < -0.39 is 11.7 Å². The first-order valence-corrected chi connectivity index (χ1v) is 15.0. The Morgan fingerprint density at radius 3 is 2.58 bits per heavy atom. The number of carbonyl (C=O) groups excluding carboxylic acids is 2. The number of methoxy groups -OCH3 is 1. The van der Waals surface area contributed by atoms with E-state index in [-0.39, 0.29) is 30.0 Å². The summed E-state index contributed by atoms with van der Waals surface area (Å²) in [7, 11) is 3.62. The summed E-state index contributed by atoms with van der Waals surface area (Å²) in [6.45, 7) is 2.66. The van der Waals surface area contributed by atoms with Crippen molar-refractivity contribution in [2.45, 2.75) is 49.8 Å². The molecule has 1 saturated heterocycles. The number of likely N-dealkylation sites (N-methyl/N-ethyl adjacent to an activating group) is 1. The van der Waals surface area contributed by atoms with Crippen LogP contribution in [0, 0.1) is 0 Å². The number of hydrogen-bond donors (Lipinski definition) is 1. The first kappa shape index (κ1) is 25.1. The van der Waals surface area contributed by atoms with Gasteiger partial charge in [0.2, 0.25) is 0 Å². The molecular weight excluding hydrogens is 538 g/mol. The smallest absolute Gasteiger partial charge is 0.253 e. The zero-order valence-corrected chi connectivity index (χ0v) is 24.3. The summed E-state index contributed by atoms with van der Waals surface area (Å²) < 4.78 is 16.0. The standard InChI is InChI=1S/C36H31N3O4/c1-36-31-21-14-8-7-13-20(21)27-23-18-37-34(40)29(23)28-22-15-9-10-16-24(22)39(32(28)30(27)31)26(43-36)17-25(33(36)42-3)38(2)35(41)19-11-5-4-6-12-19/h4-16,25-26,31,33H,17-18H2,1-3H3,(H,37,40)/t25-,26?,31?,33-,36-/m1/s1. The zero-order chi connectivity index (χ0) is 29.2. The fourth-order valence-corrected chi connectivity index (χ4v) is 8.84. The van der Waals surface area contributed by atoms with Gasteiger partial charge in [-0.15, -0.1) is 0 Å². The molecular formula is C36H31N3O4. The first-order valence-electron chi connectivity index (χ1n) is 15.0. The van der Waals surface area contributed by atoms with Crippen molar-refractivity contribution in [3.63, 3.8) is 0 Å². The Kier molecular flexibility index (Phi) is 4.99. The van der Waals surface area contributed by atoms with Gasteiger partial charge in [-0.2, -0.15) is 0 Å². The molecule has 1 aromatic heterocycles. The Hall–Kier alpha value is -4.46. The topological polar surface area (TPSA) is 72.8 Å². The van der Waals surface area contributed by atoms with Crippen LogP contribution in [-0.2, 0) is 16.0 Å². The molecule has 5 atom stereocenters. The predicted molar refractivity (Wildman–Crippen MR) is 164 cm³/mol. The molecule has 9 rings (SSSR count). The third-order valence-electron chi connectivity index (χ3n) is 10.5. The number of nitrogens with one attached hydrogen (secondary N) is 1. The average molecular weight is 570 g/mol. The molecule has 7 nitrogen and oxygen atoms in total. The van der Waals surface area contributed by atoms with E-state index in [0.29, 0.717) is 18.5 Å². The fourth-order valence-electron chi connectivity index (χ4n) is 8.84. The van der Waals surface area contributed by atoms with Crippen LogP contribution >= 0.6 is 0 Å². The number of benzene rings is 4. The fraction of sp³-hybridized carbons (Fsp3) is 0.278. The van der Waals surface area contributed by atoms with Gasteiger partial charge in [0.1, 0.15) is 17.9 Å². The van der Waals surface area contributed by atoms with E-state index in [1.807, 2.05) is 54.4 Å². The van der Waals surface area contributed by atoms with Crippen LogP contribution in [0.2, 0.25) is 0 Å². The highest BCUT2D eigenvalue weighted by molar-refractivity contribution is 6.23. The lowest BCUT2D eigenvalue weighted by Gasteiger charge is -2.52. The van der Waals surface area contributed by atoms with Crippen molar-refractivity contribution in [3.8, 4) is 11.1 Å². The number of aromatic nitrogens is 1. The van der Waals surface area contributed by atoms with Gasteiger partial charge in [0.05, 0.1) is 22.6 Å². The second-order valence-electron chi connectivity index (χ2n) is 12.5. The maximum Gasteiger partial charge on any atom is 0.253 e. The summed E-state index contributed by atoms with van der Waals surface area (Å²) in [5.41, 5.74) is 8.42. The summed E-state index contributed by atoms with van der Waals surface area (Å²) in [4.78, 5) is 29.3. The second kappa shape index (κ2) is 8.56. The van der Waals surface area contributed by atoms with E-state index in [2.05, 4.69) is 53.2 Å². The van der Waals surface area contributed by atoms with Crippen molar-refractivity contribution in [1.29, 1.82) is 0 Å². The number of carbonyl (C=O) groups is 2. The maximum atomic E-state index is 13.9. The molecule has 0 spiro atoms. The Morgan fingerprint density at radius 2 is 1.77 bits per heavy atom. The van der Waals surface area contributed by atoms with E-state index in [1.54, 1.807) is 7.11 Å². The molecule has 7 heteroatoms. The van der Waals surface area contributed by atoms with E-state index >= 15 is 0 Å². The van der Waals surface area contributed by atoms with E-state index in [0.717, 1.165) is 44.1 Å². The molecule has 1 N–H and O–H groups in total. The molecule has 4 aliphatic rings. The number of fused-ring (bicyclic) bond motifs is 13. The molecule has 0 saturated carbocycles. The summed E-state index contributed by atoms with van der Waals surface area (Å²) in [5, 5.41) is 5.19. The van der Waals surface area contributed by atoms with Crippen LogP contribution in [0.25, 0.3) is 32.9 Å². The minimum absolute atomic E-state index is 0.0261. The largest absolute Gasteiger partial charge is 0.376 e. The van der Waals surface area contributed by atoms with Crippen LogP contribution in [0.3, 0.4) is 0 Å². The second-order valence-corrected chi connectivity index (χ2v) is 12.5. The molecule has 0 radical (unpaired) electrons. The third kappa shape index (κ3) is 3.01. The van der Waals surface area contributed by atoms with Gasteiger partial charge in [0, 0.05) is 49.4 Å². The predicted octanol–water partition coefficient (Wildman–Crippen LogP) is 6.00. The molecule has 1 aliphatic carbocycles. The molecule has 3 aliphatic heterocycles. The number of para-hydroxylation sites is 1. The summed E-state index contributed by atoms with van der Waals surface area (Å²) >= 11 is 0. The molecule has 1 fully saturated rings. The number of ether oxygens (including phenoxy) is 2. The summed E-state index contributed by atoms with van der Waals surface area (Å²) in [6, 6.07) is 26.0. The summed E-state index contributed by atoms with van der Waals surface area (Å²) in [6.07, 6.45) is -0.243. The van der Waals surface area contributed by atoms with Crippen LogP contribution in [0.15, 0.2) is 78.9 Å². The SMILES string of the molecule is CO[C@@H]1[C@H](N(C)C(=O)c2ccccc2)CC2O[C@]1(C)C1c3ccccc3-c3c4c(c5c6ccccc6n2c5c31)C(=O)NC4. The summed E-state index contributed by atoms with van der Waals surface area (Å²) in [5.74, 6) is -0.233. The van der Waals surface area contributed by atoms with Gasteiger partial charge < -0.3 is 24.3 Å². The Labute approximate surface area is 249 Å². The maximum absolute atomic E-state index is 13.9. The van der Waals surface area contributed by atoms with Crippen LogP contribution in [-0.4, -0.2) is 53.2 Å². The number of amides is 2. The van der Waals surface area contributed by atoms with Crippen LogP contribution in [0.5, 0.6) is 0 Å². The van der Waals surface area contributed by atoms with Crippen LogP contribution in [0.1, 0.15) is 62.9 Å². The highest BCUT2D eigenvalue weighted by Gasteiger charge is 2.60. The third-order valence-corrected chi connectivity index (χ3v) is 10.5. The monoisotopic (exact) mass is 569 g/mol. The molecule has 4 heterocycles. The van der Waals surface area contributed by atoms with E-state index in [1.165, 1.54) is 11.1 Å². The normalized spacial score (nSPS) is 26.3. The van der Waals surface area contributed by atoms with Crippen molar-refractivity contribution >= 4 is 33.6 Å². The van der Waals surface area contributed by atoms with E-state index in [4.69, 9.17) is 9.47 Å². The number of hydrogen-bond acceptors (Lipinski definition) is 4. The minimum Gasteiger partial charge on any atom is -0.376 e. The Morgan fingerprint density at radius 1 is 1.02 bits per heavy atom. The highest BCUT2D eigenvalue weighted by atomic mass is 16.6. The van der Waals surface area contributed by atoms with Gasteiger partial charge in [0.15, 0.2) is 0 Å². The lowest BCUT2D eigenvalue weighted by atomic mass is 9.73. The molecule has 214 valence electrons. The highest BCUT2D eigenvalue weighted by Crippen LogP contribution is 2.62. The lowest BCUT2D eigenvalue weighted by molar-refractivity contribution is -0.232.